The summed E-state index contributed by atoms with van der Waals surface area (Å²) in [6.45, 7) is 6.43. The van der Waals surface area contributed by atoms with Crippen LogP contribution >= 0.6 is 8.58 Å². The molecule has 1 nitrogen and oxygen atoms in total. The number of hydrogen-bond acceptors (Lipinski definition) is 1. The van der Waals surface area contributed by atoms with Crippen LogP contribution in [-0.4, -0.2) is 18.4 Å². The molecular weight excluding hydrogens is 105 g/mol. The van der Waals surface area contributed by atoms with Crippen LogP contribution in [0.1, 0.15) is 13.8 Å². The molecule has 0 radical (unpaired) electrons. The number of nitrogens with two attached hydrogens (primary N) is 1. The highest BCUT2D eigenvalue weighted by molar-refractivity contribution is 7.37. The van der Waals surface area contributed by atoms with Crippen molar-refractivity contribution < 1.29 is 0 Å². The van der Waals surface area contributed by atoms with Crippen LogP contribution in [0.2, 0.25) is 0 Å². The summed E-state index contributed by atoms with van der Waals surface area (Å²) in [5.41, 5.74) is 6.26. The van der Waals surface area contributed by atoms with E-state index in [9.17, 15) is 0 Å². The molecule has 0 aromatic carbocycles. The lowest BCUT2D eigenvalue weighted by atomic mass is 10.3. The van der Waals surface area contributed by atoms with Crippen molar-refractivity contribution in [3.05, 3.63) is 0 Å². The fourth-order valence-electron chi connectivity index (χ4n) is 0.263. The standard InChI is InChI=1S/C5H14NP/c1-4(6)5(2)7-3/h4-5,7H,6H2,1-3H3. The highest BCUT2D eigenvalue weighted by atomic mass is 31.1. The van der Waals surface area contributed by atoms with Gasteiger partial charge in [0.1, 0.15) is 0 Å². The lowest BCUT2D eigenvalue weighted by Crippen LogP contribution is -2.24. The Kier molecular flexibility index (Phi) is 3.59. The van der Waals surface area contributed by atoms with Gasteiger partial charge in [0, 0.05) is 6.04 Å². The second-order valence-corrected chi connectivity index (χ2v) is 3.42. The SMILES string of the molecule is CPC(C)C(C)N. The largest absolute Gasteiger partial charge is 0.327 e. The molecule has 0 fully saturated rings. The minimum Gasteiger partial charge on any atom is -0.327 e. The molecule has 0 aliphatic heterocycles. The van der Waals surface area contributed by atoms with Crippen LogP contribution in [0.3, 0.4) is 0 Å². The van der Waals surface area contributed by atoms with Gasteiger partial charge in [0.05, 0.1) is 0 Å². The molecule has 0 aromatic rings. The van der Waals surface area contributed by atoms with E-state index in [1.54, 1.807) is 0 Å². The van der Waals surface area contributed by atoms with Gasteiger partial charge in [-0.15, -0.1) is 8.58 Å². The molecule has 0 saturated heterocycles. The van der Waals surface area contributed by atoms with Crippen molar-refractivity contribution in [3.63, 3.8) is 0 Å². The maximum atomic E-state index is 5.55. The highest BCUT2D eigenvalue weighted by Crippen LogP contribution is 2.14. The lowest BCUT2D eigenvalue weighted by molar-refractivity contribution is 0.728. The maximum absolute atomic E-state index is 5.55. The van der Waals surface area contributed by atoms with Crippen LogP contribution in [-0.2, 0) is 0 Å². The molecule has 0 bridgehead atoms. The van der Waals surface area contributed by atoms with Crippen molar-refractivity contribution in [3.8, 4) is 0 Å². The minimum atomic E-state index is 0.378. The Morgan fingerprint density at radius 2 is 1.86 bits per heavy atom. The van der Waals surface area contributed by atoms with Gasteiger partial charge in [0.25, 0.3) is 0 Å². The molecule has 3 unspecified atom stereocenters. The number of hydrogen-bond donors (Lipinski definition) is 1. The Labute approximate surface area is 47.5 Å². The zero-order chi connectivity index (χ0) is 5.86. The highest BCUT2D eigenvalue weighted by Gasteiger charge is 2.01. The third-order valence-corrected chi connectivity index (χ3v) is 2.68. The summed E-state index contributed by atoms with van der Waals surface area (Å²) in [5.74, 6) is 0. The van der Waals surface area contributed by atoms with Gasteiger partial charge >= 0.3 is 0 Å². The van der Waals surface area contributed by atoms with Gasteiger partial charge in [-0.2, -0.15) is 0 Å². The summed E-state index contributed by atoms with van der Waals surface area (Å²) in [4.78, 5) is 0. The molecule has 0 aliphatic rings. The molecule has 0 saturated carbocycles. The van der Waals surface area contributed by atoms with E-state index in [-0.39, 0.29) is 0 Å². The van der Waals surface area contributed by atoms with Crippen molar-refractivity contribution in [1.82, 2.24) is 0 Å². The molecule has 7 heavy (non-hydrogen) atoms. The maximum Gasteiger partial charge on any atom is 0.00730 e. The van der Waals surface area contributed by atoms with Crippen molar-refractivity contribution >= 4 is 8.58 Å². The third kappa shape index (κ3) is 3.02. The Morgan fingerprint density at radius 3 is 1.86 bits per heavy atom. The van der Waals surface area contributed by atoms with Crippen molar-refractivity contribution in [1.29, 1.82) is 0 Å². The summed E-state index contributed by atoms with van der Waals surface area (Å²) in [7, 11) is 0.987. The first-order chi connectivity index (χ1) is 3.18. The summed E-state index contributed by atoms with van der Waals surface area (Å²) in [6, 6.07) is 0.378. The first-order valence-electron chi connectivity index (χ1n) is 2.61. The van der Waals surface area contributed by atoms with E-state index in [0.717, 1.165) is 8.58 Å². The van der Waals surface area contributed by atoms with E-state index in [4.69, 9.17) is 5.73 Å². The molecule has 0 spiro atoms. The molecule has 0 aromatic heterocycles. The lowest BCUT2D eigenvalue weighted by Gasteiger charge is -2.10. The predicted molar refractivity (Wildman–Crippen MR) is 37.4 cm³/mol. The Morgan fingerprint density at radius 1 is 1.43 bits per heavy atom. The van der Waals surface area contributed by atoms with Gasteiger partial charge in [-0.05, 0) is 19.2 Å². The van der Waals surface area contributed by atoms with E-state index >= 15 is 0 Å². The molecule has 0 amide bonds. The van der Waals surface area contributed by atoms with E-state index < -0.39 is 0 Å². The Bertz CT molecular complexity index is 45.3. The van der Waals surface area contributed by atoms with Crippen molar-refractivity contribution in [2.24, 2.45) is 5.73 Å². The quantitative estimate of drug-likeness (QED) is 0.540. The first-order valence-corrected chi connectivity index (χ1v) is 4.19. The van der Waals surface area contributed by atoms with Gasteiger partial charge in [0.2, 0.25) is 0 Å². The van der Waals surface area contributed by atoms with Crippen LogP contribution in [0, 0.1) is 0 Å². The van der Waals surface area contributed by atoms with Crippen molar-refractivity contribution in [2.45, 2.75) is 25.5 Å². The molecule has 0 heterocycles. The van der Waals surface area contributed by atoms with E-state index in [2.05, 4.69) is 20.5 Å². The second-order valence-electron chi connectivity index (χ2n) is 1.94. The van der Waals surface area contributed by atoms with E-state index in [1.165, 1.54) is 0 Å². The van der Waals surface area contributed by atoms with Gasteiger partial charge < -0.3 is 5.73 Å². The third-order valence-electron chi connectivity index (χ3n) is 1.24. The molecule has 0 aliphatic carbocycles. The average molecular weight is 119 g/mol. The van der Waals surface area contributed by atoms with Crippen LogP contribution in [0.4, 0.5) is 0 Å². The number of rotatable bonds is 2. The molecule has 44 valence electrons. The topological polar surface area (TPSA) is 26.0 Å². The Balaban J connectivity index is 3.14. The summed E-state index contributed by atoms with van der Waals surface area (Å²) in [5, 5.41) is 0. The summed E-state index contributed by atoms with van der Waals surface area (Å²) >= 11 is 0. The molecule has 3 atom stereocenters. The van der Waals surface area contributed by atoms with Gasteiger partial charge in [-0.25, -0.2) is 0 Å². The molecule has 0 rings (SSSR count). The zero-order valence-corrected chi connectivity index (χ0v) is 6.23. The molecular formula is C5H14NP. The van der Waals surface area contributed by atoms with Gasteiger partial charge in [-0.3, -0.25) is 0 Å². The first kappa shape index (κ1) is 7.39. The fraction of sp³-hybridized carbons (Fsp3) is 1.00. The molecule has 2 N–H and O–H groups in total. The van der Waals surface area contributed by atoms with Gasteiger partial charge in [0.15, 0.2) is 0 Å². The Hall–Kier alpha value is 0.390. The smallest absolute Gasteiger partial charge is 0.00730 e. The monoisotopic (exact) mass is 119 g/mol. The van der Waals surface area contributed by atoms with Gasteiger partial charge in [-0.1, -0.05) is 6.92 Å². The van der Waals surface area contributed by atoms with Crippen molar-refractivity contribution in [2.75, 3.05) is 6.66 Å². The van der Waals surface area contributed by atoms with E-state index in [0.29, 0.717) is 11.7 Å². The predicted octanol–water partition coefficient (Wildman–Crippen LogP) is 1.03. The van der Waals surface area contributed by atoms with E-state index in [1.807, 2.05) is 0 Å². The molecule has 2 heteroatoms. The van der Waals surface area contributed by atoms with Crippen LogP contribution in [0.25, 0.3) is 0 Å². The summed E-state index contributed by atoms with van der Waals surface area (Å²) in [6.07, 6.45) is 0. The second kappa shape index (κ2) is 3.40. The van der Waals surface area contributed by atoms with Crippen LogP contribution in [0.15, 0.2) is 0 Å². The minimum absolute atomic E-state index is 0.378. The zero-order valence-electron chi connectivity index (χ0n) is 5.23. The van der Waals surface area contributed by atoms with Crippen LogP contribution < -0.4 is 5.73 Å². The fourth-order valence-corrected chi connectivity index (χ4v) is 0.789. The normalized spacial score (nSPS) is 20.6. The average Bonchev–Trinajstić information content (AvgIpc) is 1.65. The van der Waals surface area contributed by atoms with Crippen LogP contribution in [0.5, 0.6) is 0 Å². The summed E-state index contributed by atoms with van der Waals surface area (Å²) < 4.78 is 0.